The average molecular weight is 462 g/mol. The lowest BCUT2D eigenvalue weighted by Crippen LogP contribution is -2.29. The quantitative estimate of drug-likeness (QED) is 0.338. The summed E-state index contributed by atoms with van der Waals surface area (Å²) in [7, 11) is 3.43. The highest BCUT2D eigenvalue weighted by Crippen LogP contribution is 2.34. The minimum atomic E-state index is -1.36. The summed E-state index contributed by atoms with van der Waals surface area (Å²) in [5, 5.41) is 16.8. The molecular formula is C24H23N5O3S. The molecule has 2 N–H and O–H groups in total. The van der Waals surface area contributed by atoms with Gasteiger partial charge in [-0.1, -0.05) is 11.8 Å². The summed E-state index contributed by atoms with van der Waals surface area (Å²) in [4.78, 5) is 25.6. The largest absolute Gasteiger partial charge is 0.383 e. The summed E-state index contributed by atoms with van der Waals surface area (Å²) in [5.74, 6) is 5.74. The van der Waals surface area contributed by atoms with Crippen LogP contribution in [0.3, 0.4) is 0 Å². The zero-order valence-electron chi connectivity index (χ0n) is 18.5. The Bertz CT molecular complexity index is 1340. The van der Waals surface area contributed by atoms with Crippen molar-refractivity contribution in [3.05, 3.63) is 64.6 Å². The highest BCUT2D eigenvalue weighted by Gasteiger charge is 2.24. The molecule has 33 heavy (non-hydrogen) atoms. The number of fused-ring (bicyclic) bond motifs is 1. The number of nitrogens with one attached hydrogen (secondary N) is 1. The predicted octanol–water partition coefficient (Wildman–Crippen LogP) is 2.73. The van der Waals surface area contributed by atoms with E-state index in [1.165, 1.54) is 17.7 Å². The van der Waals surface area contributed by atoms with E-state index in [9.17, 15) is 9.90 Å². The number of amides is 1. The third-order valence-corrected chi connectivity index (χ3v) is 6.13. The first-order valence-corrected chi connectivity index (χ1v) is 11.1. The van der Waals surface area contributed by atoms with Crippen molar-refractivity contribution in [2.45, 2.75) is 12.5 Å². The van der Waals surface area contributed by atoms with E-state index in [4.69, 9.17) is 4.74 Å². The zero-order valence-corrected chi connectivity index (χ0v) is 19.3. The number of ether oxygens (including phenoxy) is 1. The van der Waals surface area contributed by atoms with E-state index in [1.807, 2.05) is 29.8 Å². The van der Waals surface area contributed by atoms with E-state index in [0.717, 1.165) is 10.9 Å². The number of rotatable bonds is 6. The monoisotopic (exact) mass is 461 g/mol. The normalized spacial score (nSPS) is 12.7. The summed E-state index contributed by atoms with van der Waals surface area (Å²) in [5.41, 5.74) is 2.01. The third-order valence-electron chi connectivity index (χ3n) is 5.14. The zero-order chi connectivity index (χ0) is 23.4. The summed E-state index contributed by atoms with van der Waals surface area (Å²) in [6.07, 6.45) is 4.73. The minimum absolute atomic E-state index is 0.223. The lowest BCUT2D eigenvalue weighted by molar-refractivity contribution is 0.0930. The molecule has 0 bridgehead atoms. The van der Waals surface area contributed by atoms with Crippen molar-refractivity contribution in [1.29, 1.82) is 0 Å². The smallest absolute Gasteiger partial charge is 0.268 e. The molecule has 168 valence electrons. The molecule has 4 aromatic rings. The number of methoxy groups -OCH3 is 1. The van der Waals surface area contributed by atoms with Crippen LogP contribution in [0, 0.1) is 11.8 Å². The van der Waals surface area contributed by atoms with Crippen molar-refractivity contribution >= 4 is 28.1 Å². The van der Waals surface area contributed by atoms with Gasteiger partial charge in [0, 0.05) is 60.5 Å². The van der Waals surface area contributed by atoms with E-state index in [-0.39, 0.29) is 5.91 Å². The number of carbonyl (C=O) groups excluding carboxylic acids is 1. The number of thiazole rings is 1. The Hall–Kier alpha value is -3.58. The van der Waals surface area contributed by atoms with E-state index in [1.54, 1.807) is 37.9 Å². The van der Waals surface area contributed by atoms with Crippen LogP contribution in [-0.4, -0.2) is 50.8 Å². The Kier molecular flexibility index (Phi) is 6.51. The van der Waals surface area contributed by atoms with Crippen LogP contribution in [0.4, 0.5) is 0 Å². The summed E-state index contributed by atoms with van der Waals surface area (Å²) < 4.78 is 6.89. The van der Waals surface area contributed by atoms with E-state index < -0.39 is 5.60 Å². The van der Waals surface area contributed by atoms with E-state index in [0.29, 0.717) is 40.7 Å². The molecule has 8 nitrogen and oxygen atoms in total. The molecule has 0 radical (unpaired) electrons. The number of aromatic nitrogens is 4. The molecule has 1 amide bonds. The van der Waals surface area contributed by atoms with Gasteiger partial charge in [0.25, 0.3) is 5.91 Å². The summed E-state index contributed by atoms with van der Waals surface area (Å²) in [6.45, 7) is 2.43. The Morgan fingerprint density at radius 2 is 2.15 bits per heavy atom. The number of hydrogen-bond acceptors (Lipinski definition) is 7. The molecule has 0 aliphatic carbocycles. The Labute approximate surface area is 195 Å². The number of carbonyl (C=O) groups is 1. The molecule has 3 heterocycles. The average Bonchev–Trinajstić information content (AvgIpc) is 3.46. The van der Waals surface area contributed by atoms with E-state index in [2.05, 4.69) is 32.1 Å². The second-order valence-corrected chi connectivity index (χ2v) is 8.41. The first-order chi connectivity index (χ1) is 15.9. The van der Waals surface area contributed by atoms with Crippen molar-refractivity contribution in [2.24, 2.45) is 7.05 Å². The van der Waals surface area contributed by atoms with Gasteiger partial charge in [0.15, 0.2) is 5.60 Å². The lowest BCUT2D eigenvalue weighted by atomic mass is 10.0. The molecule has 4 rings (SSSR count). The first kappa shape index (κ1) is 22.6. The Balaban J connectivity index is 1.83. The fraction of sp³-hybridized carbons (Fsp3) is 0.250. The molecule has 1 atom stereocenters. The van der Waals surface area contributed by atoms with Gasteiger partial charge in [0.1, 0.15) is 17.0 Å². The molecule has 1 unspecified atom stereocenters. The molecular weight excluding hydrogens is 438 g/mol. The van der Waals surface area contributed by atoms with Gasteiger partial charge in [-0.05, 0) is 31.2 Å². The van der Waals surface area contributed by atoms with Crippen LogP contribution in [0.25, 0.3) is 22.2 Å². The molecule has 9 heteroatoms. The van der Waals surface area contributed by atoms with Crippen molar-refractivity contribution in [3.8, 4) is 23.1 Å². The van der Waals surface area contributed by atoms with Gasteiger partial charge in [-0.2, -0.15) is 0 Å². The molecule has 0 saturated heterocycles. The number of nitrogens with zero attached hydrogens (tertiary/aromatic N) is 4. The fourth-order valence-corrected chi connectivity index (χ4v) is 4.20. The van der Waals surface area contributed by atoms with Gasteiger partial charge in [0.05, 0.1) is 12.3 Å². The maximum Gasteiger partial charge on any atom is 0.268 e. The van der Waals surface area contributed by atoms with Crippen LogP contribution in [-0.2, 0) is 17.4 Å². The fourth-order valence-electron chi connectivity index (χ4n) is 3.55. The molecule has 3 aromatic heterocycles. The van der Waals surface area contributed by atoms with Crippen LogP contribution in [0.5, 0.6) is 0 Å². The van der Waals surface area contributed by atoms with Crippen LogP contribution >= 0.6 is 11.3 Å². The molecule has 0 aliphatic heterocycles. The lowest BCUT2D eigenvalue weighted by Gasteiger charge is -2.11. The van der Waals surface area contributed by atoms with Gasteiger partial charge >= 0.3 is 0 Å². The third kappa shape index (κ3) is 4.64. The maximum absolute atomic E-state index is 13.1. The highest BCUT2D eigenvalue weighted by atomic mass is 32.1. The van der Waals surface area contributed by atoms with Gasteiger partial charge < -0.3 is 19.7 Å². The molecule has 0 spiro atoms. The van der Waals surface area contributed by atoms with E-state index >= 15 is 0 Å². The number of aryl methyl sites for hydroxylation is 1. The second-order valence-electron chi connectivity index (χ2n) is 7.52. The molecule has 0 fully saturated rings. The predicted molar refractivity (Wildman–Crippen MR) is 127 cm³/mol. The van der Waals surface area contributed by atoms with Gasteiger partial charge in [-0.25, -0.2) is 15.0 Å². The van der Waals surface area contributed by atoms with Crippen molar-refractivity contribution < 1.29 is 14.6 Å². The molecule has 1 aromatic carbocycles. The van der Waals surface area contributed by atoms with Crippen molar-refractivity contribution in [2.75, 3.05) is 20.3 Å². The summed E-state index contributed by atoms with van der Waals surface area (Å²) in [6, 6.07) is 7.45. The Morgan fingerprint density at radius 1 is 1.30 bits per heavy atom. The van der Waals surface area contributed by atoms with Gasteiger partial charge in [-0.15, -0.1) is 11.3 Å². The molecule has 0 saturated carbocycles. The van der Waals surface area contributed by atoms with Gasteiger partial charge in [-0.3, -0.25) is 4.79 Å². The maximum atomic E-state index is 13.1. The van der Waals surface area contributed by atoms with Crippen LogP contribution < -0.4 is 5.32 Å². The Morgan fingerprint density at radius 3 is 2.85 bits per heavy atom. The summed E-state index contributed by atoms with van der Waals surface area (Å²) >= 11 is 1.35. The second kappa shape index (κ2) is 9.50. The standard InChI is InChI=1S/C24H23N5O3S/c1-24(31,23-27-11-13-33-23)8-6-16-4-5-19-17(14-16)20(18-7-9-25-15-28-18)21(29(19)2)22(30)26-10-12-32-3/h4-5,7,9,11,13-15,31H,10,12H2,1-3H3,(H,26,30). The highest BCUT2D eigenvalue weighted by molar-refractivity contribution is 7.09. The van der Waals surface area contributed by atoms with Crippen molar-refractivity contribution in [1.82, 2.24) is 24.8 Å². The minimum Gasteiger partial charge on any atom is -0.383 e. The molecule has 0 aliphatic rings. The van der Waals surface area contributed by atoms with Gasteiger partial charge in [0.2, 0.25) is 0 Å². The number of hydrogen-bond donors (Lipinski definition) is 2. The van der Waals surface area contributed by atoms with Crippen LogP contribution in [0.1, 0.15) is 28.0 Å². The van der Waals surface area contributed by atoms with Crippen LogP contribution in [0.15, 0.2) is 48.4 Å². The first-order valence-electron chi connectivity index (χ1n) is 10.2. The van der Waals surface area contributed by atoms with Crippen LogP contribution in [0.2, 0.25) is 0 Å². The topological polar surface area (TPSA) is 102 Å². The number of benzene rings is 1. The van der Waals surface area contributed by atoms with Crippen molar-refractivity contribution in [3.63, 3.8) is 0 Å². The SMILES string of the molecule is COCCNC(=O)c1c(-c2ccncn2)c2cc(C#CC(C)(O)c3nccs3)ccc2n1C. The number of aliphatic hydroxyl groups is 1.